The maximum absolute atomic E-state index is 13.7. The topological polar surface area (TPSA) is 327 Å². The molecule has 3 heterocycles. The molecule has 1 aromatic carbocycles. The van der Waals surface area contributed by atoms with Crippen molar-refractivity contribution in [2.45, 2.75) is 280 Å². The molecule has 0 aromatic heterocycles. The van der Waals surface area contributed by atoms with Gasteiger partial charge in [0.25, 0.3) is 0 Å². The van der Waals surface area contributed by atoms with Gasteiger partial charge < -0.3 is 77.5 Å². The normalized spacial score (nSPS) is 24.7. The summed E-state index contributed by atoms with van der Waals surface area (Å²) in [6.07, 6.45) is 8.40. The quantitative estimate of drug-likeness (QED) is 0.0310. The molecule has 616 valence electrons. The number of nitrogens with one attached hydrogen (secondary N) is 3. The molecule has 15 atom stereocenters. The molecule has 108 heavy (non-hydrogen) atoms. The lowest BCUT2D eigenvalue weighted by Crippen LogP contribution is -2.58. The molecule has 0 aliphatic carbocycles. The number of alkyl carbamates (subject to hydrolysis) is 1. The van der Waals surface area contributed by atoms with Gasteiger partial charge >= 0.3 is 24.0 Å². The van der Waals surface area contributed by atoms with Gasteiger partial charge in [-0.15, -0.1) is 0 Å². The van der Waals surface area contributed by atoms with E-state index in [2.05, 4.69) is 78.3 Å². The average molecular weight is 1530 g/mol. The van der Waals surface area contributed by atoms with Crippen LogP contribution in [0.5, 0.6) is 0 Å². The Bertz CT molecular complexity index is 2550. The van der Waals surface area contributed by atoms with E-state index in [0.717, 1.165) is 5.56 Å². The highest BCUT2D eigenvalue weighted by molar-refractivity contribution is 5.80. The molecule has 26 nitrogen and oxygen atoms in total. The van der Waals surface area contributed by atoms with Gasteiger partial charge in [0.15, 0.2) is 18.9 Å². The molecule has 4 rings (SSSR count). The lowest BCUT2D eigenvalue weighted by atomic mass is 9.79. The lowest BCUT2D eigenvalue weighted by Gasteiger charge is -2.43. The molecule has 1 aromatic rings. The van der Waals surface area contributed by atoms with Crippen LogP contribution in [0.15, 0.2) is 30.3 Å². The molecular formula is C82H135N3O23. The van der Waals surface area contributed by atoms with Gasteiger partial charge in [-0.25, -0.2) is 4.79 Å². The number of unbranched alkanes of at least 4 members (excludes halogenated alkanes) is 7. The number of hydrogen-bond acceptors (Lipinski definition) is 23. The highest BCUT2D eigenvalue weighted by Gasteiger charge is 2.43. The molecule has 3 aliphatic heterocycles. The summed E-state index contributed by atoms with van der Waals surface area (Å²) in [4.78, 5) is 126. The minimum absolute atomic E-state index is 0.00730. The van der Waals surface area contributed by atoms with Crippen LogP contribution in [-0.4, -0.2) is 194 Å². The molecule has 15 unspecified atom stereocenters. The first-order valence-corrected chi connectivity index (χ1v) is 40.2. The van der Waals surface area contributed by atoms with E-state index in [1.54, 1.807) is 0 Å². The number of rotatable bonds is 58. The van der Waals surface area contributed by atoms with Crippen LogP contribution in [0.4, 0.5) is 4.79 Å². The fourth-order valence-corrected chi connectivity index (χ4v) is 13.4. The Hall–Kier alpha value is -5.84. The molecule has 0 spiro atoms. The Balaban J connectivity index is 1.22. The second-order valence-corrected chi connectivity index (χ2v) is 30.5. The maximum atomic E-state index is 13.7. The molecule has 3 saturated heterocycles. The number of benzene rings is 1. The minimum atomic E-state index is -1.41. The zero-order valence-electron chi connectivity index (χ0n) is 67.3. The molecule has 3 amide bonds. The van der Waals surface area contributed by atoms with Crippen molar-refractivity contribution in [3.8, 4) is 0 Å². The maximum Gasteiger partial charge on any atom is 0.408 e. The number of ketones is 4. The van der Waals surface area contributed by atoms with E-state index in [9.17, 15) is 47.9 Å². The molecule has 0 radical (unpaired) electrons. The zero-order chi connectivity index (χ0) is 79.2. The predicted octanol–water partition coefficient (Wildman–Crippen LogP) is 11.8. The van der Waals surface area contributed by atoms with Crippen LogP contribution >= 0.6 is 0 Å². The predicted molar refractivity (Wildman–Crippen MR) is 403 cm³/mol. The third kappa shape index (κ3) is 38.9. The van der Waals surface area contributed by atoms with Crippen molar-refractivity contribution in [3.05, 3.63) is 35.9 Å². The van der Waals surface area contributed by atoms with Crippen LogP contribution in [0.3, 0.4) is 0 Å². The van der Waals surface area contributed by atoms with Gasteiger partial charge in [0, 0.05) is 136 Å². The fourth-order valence-electron chi connectivity index (χ4n) is 13.4. The number of esters is 3. The van der Waals surface area contributed by atoms with Crippen molar-refractivity contribution in [2.24, 2.45) is 53.3 Å². The van der Waals surface area contributed by atoms with Crippen LogP contribution in [-0.2, 0) is 111 Å². The van der Waals surface area contributed by atoms with Gasteiger partial charge in [0.2, 0.25) is 11.8 Å². The van der Waals surface area contributed by atoms with Crippen LogP contribution in [0.2, 0.25) is 0 Å². The van der Waals surface area contributed by atoms with Crippen molar-refractivity contribution >= 4 is 58.9 Å². The molecule has 0 saturated carbocycles. The third-order valence-electron chi connectivity index (χ3n) is 21.7. The van der Waals surface area contributed by atoms with E-state index in [0.29, 0.717) is 179 Å². The van der Waals surface area contributed by atoms with Gasteiger partial charge in [-0.1, -0.05) is 105 Å². The van der Waals surface area contributed by atoms with Gasteiger partial charge in [-0.05, 0) is 112 Å². The largest absolute Gasteiger partial charge is 0.463 e. The van der Waals surface area contributed by atoms with Crippen molar-refractivity contribution in [1.82, 2.24) is 16.0 Å². The molecule has 3 fully saturated rings. The fraction of sp³-hybridized carbons (Fsp3) is 0.805. The number of carbonyl (C=O) groups is 10. The van der Waals surface area contributed by atoms with E-state index in [1.165, 1.54) is 20.8 Å². The van der Waals surface area contributed by atoms with Crippen LogP contribution in [0.1, 0.15) is 236 Å². The highest BCUT2D eigenvalue weighted by atomic mass is 16.7. The summed E-state index contributed by atoms with van der Waals surface area (Å²) >= 11 is 0. The smallest absolute Gasteiger partial charge is 0.408 e. The molecule has 3 N–H and O–H groups in total. The number of ether oxygens (including phenoxy) is 13. The Kier molecular flexibility index (Phi) is 47.2. The van der Waals surface area contributed by atoms with E-state index in [4.69, 9.17) is 61.6 Å². The van der Waals surface area contributed by atoms with E-state index in [1.807, 2.05) is 30.3 Å². The Morgan fingerprint density at radius 1 is 0.352 bits per heavy atom. The summed E-state index contributed by atoms with van der Waals surface area (Å²) in [5.74, 6) is 0.768. The van der Waals surface area contributed by atoms with E-state index < -0.39 is 30.5 Å². The summed E-state index contributed by atoms with van der Waals surface area (Å²) in [6, 6.07) is 9.13. The molecular weight excluding hydrogens is 1390 g/mol. The SMILES string of the molecule is CC(=O)OCC1OC(OCCCCC(=O)CCCCCC(=O)CCOCC(COCCC(=O)CCCCCC(=O)CCCCOC2OC(COC(C)=O)C(C)C(C)C2C)(COCCC(=O)NCCCNC(=O)CCCCOC2OC(COC(C)=O)C(C)C(C)C2C)NC(=O)OCc2ccccc2)C(C)C(C)C1C. The summed E-state index contributed by atoms with van der Waals surface area (Å²) in [7, 11) is 0. The first-order chi connectivity index (χ1) is 51.7. The van der Waals surface area contributed by atoms with Crippen molar-refractivity contribution in [2.75, 3.05) is 92.4 Å². The number of carbonyl (C=O) groups excluding carboxylic acids is 10. The van der Waals surface area contributed by atoms with Crippen molar-refractivity contribution in [1.29, 1.82) is 0 Å². The lowest BCUT2D eigenvalue weighted by molar-refractivity contribution is -0.255. The Morgan fingerprint density at radius 2 is 0.676 bits per heavy atom. The van der Waals surface area contributed by atoms with Gasteiger partial charge in [-0.3, -0.25) is 43.2 Å². The first kappa shape index (κ1) is 94.5. The van der Waals surface area contributed by atoms with Crippen LogP contribution in [0, 0.1) is 53.3 Å². The van der Waals surface area contributed by atoms with E-state index in [-0.39, 0.29) is 192 Å². The second kappa shape index (κ2) is 53.9. The third-order valence-corrected chi connectivity index (χ3v) is 21.7. The first-order valence-electron chi connectivity index (χ1n) is 40.2. The summed E-state index contributed by atoms with van der Waals surface area (Å²) in [5.41, 5.74) is -0.665. The summed E-state index contributed by atoms with van der Waals surface area (Å²) in [5, 5.41) is 8.67. The molecule has 0 bridgehead atoms. The minimum Gasteiger partial charge on any atom is -0.463 e. The standard InChI is InChI=1S/C82H135N3O23/c1-56-59(4)73(50-102-65(10)86)106-78(62(56)7)99-43-25-22-35-69(89)31-18-14-20-33-71(91)38-46-96-53-82(85-81(95)105-49-68-29-16-13-17-30-68,54-97-47-39-72(92)34-21-15-19-32-70(90)36-23-26-44-100-79-63(8)57(2)60(5)74(107-79)51-103-66(11)87)55-98-48-40-77(94)84-42-28-41-83-76(93)37-24-27-45-101-80-64(9)58(3)61(6)75(108-80)52-104-67(12)88/h13,16-17,29-30,56-64,73-75,78-80H,14-15,18-28,31-55H2,1-12H3,(H,83,93)(H,84,94)(H,85,95). The number of hydrogen-bond donors (Lipinski definition) is 3. The Morgan fingerprint density at radius 3 is 1.04 bits per heavy atom. The Labute approximate surface area is 643 Å². The zero-order valence-corrected chi connectivity index (χ0v) is 67.3. The monoisotopic (exact) mass is 1530 g/mol. The van der Waals surface area contributed by atoms with Crippen LogP contribution < -0.4 is 16.0 Å². The van der Waals surface area contributed by atoms with Gasteiger partial charge in [0.05, 0.1) is 58.0 Å². The number of amides is 3. The van der Waals surface area contributed by atoms with Gasteiger partial charge in [-0.2, -0.15) is 0 Å². The van der Waals surface area contributed by atoms with Crippen LogP contribution in [0.25, 0.3) is 0 Å². The van der Waals surface area contributed by atoms with Gasteiger partial charge in [0.1, 0.15) is 55.1 Å². The summed E-state index contributed by atoms with van der Waals surface area (Å²) < 4.78 is 76.6. The average Bonchev–Trinajstić information content (AvgIpc) is 0.827. The molecule has 26 heteroatoms. The highest BCUT2D eigenvalue weighted by Crippen LogP contribution is 2.38. The van der Waals surface area contributed by atoms with Crippen molar-refractivity contribution in [3.63, 3.8) is 0 Å². The van der Waals surface area contributed by atoms with E-state index >= 15 is 0 Å². The number of Topliss-reactive ketones (excluding diaryl/α,β-unsaturated/α-hetero) is 4. The summed E-state index contributed by atoms with van der Waals surface area (Å²) in [6.45, 7) is 25.0. The van der Waals surface area contributed by atoms with Crippen molar-refractivity contribution < 1.29 is 110 Å². The molecule has 3 aliphatic rings. The second-order valence-electron chi connectivity index (χ2n) is 30.5.